The number of hydrogen-bond donors (Lipinski definition) is 1. The van der Waals surface area contributed by atoms with E-state index in [2.05, 4.69) is 91.3 Å². The minimum absolute atomic E-state index is 0.0534. The highest BCUT2D eigenvalue weighted by atomic mass is 35.5. The molecule has 0 aliphatic heterocycles. The lowest BCUT2D eigenvalue weighted by Crippen LogP contribution is -2.22. The molecule has 0 unspecified atom stereocenters. The molecule has 0 saturated carbocycles. The van der Waals surface area contributed by atoms with Crippen molar-refractivity contribution in [2.75, 3.05) is 41.3 Å². The Labute approximate surface area is 192 Å². The van der Waals surface area contributed by atoms with Crippen molar-refractivity contribution in [1.82, 2.24) is 0 Å². The van der Waals surface area contributed by atoms with E-state index in [9.17, 15) is 0 Å². The van der Waals surface area contributed by atoms with Gasteiger partial charge < -0.3 is 15.1 Å². The van der Waals surface area contributed by atoms with E-state index in [4.69, 9.17) is 11.6 Å². The van der Waals surface area contributed by atoms with E-state index in [-0.39, 0.29) is 6.04 Å². The third-order valence-electron chi connectivity index (χ3n) is 5.87. The molecule has 0 aliphatic rings. The van der Waals surface area contributed by atoms with Gasteiger partial charge in [-0.25, -0.2) is 0 Å². The highest BCUT2D eigenvalue weighted by Crippen LogP contribution is 2.30. The second kappa shape index (κ2) is 11.1. The number of rotatable bonds is 10. The highest BCUT2D eigenvalue weighted by molar-refractivity contribution is 6.30. The molecule has 0 saturated heterocycles. The van der Waals surface area contributed by atoms with Crippen LogP contribution in [0.3, 0.4) is 0 Å². The minimum Gasteiger partial charge on any atom is -0.374 e. The molecule has 164 valence electrons. The van der Waals surface area contributed by atoms with Crippen LogP contribution in [0, 0.1) is 0 Å². The number of nitrogens with zero attached hydrogens (tertiary/aromatic N) is 2. The van der Waals surface area contributed by atoms with E-state index in [1.54, 1.807) is 0 Å². The van der Waals surface area contributed by atoms with Gasteiger partial charge in [-0.15, -0.1) is 0 Å². The van der Waals surface area contributed by atoms with Crippen molar-refractivity contribution < 1.29 is 0 Å². The third-order valence-corrected chi connectivity index (χ3v) is 6.12. The molecule has 1 N–H and O–H groups in total. The molecule has 3 rings (SSSR count). The maximum absolute atomic E-state index is 6.09. The Bertz CT molecular complexity index is 857. The van der Waals surface area contributed by atoms with Crippen molar-refractivity contribution in [1.29, 1.82) is 0 Å². The van der Waals surface area contributed by atoms with Crippen molar-refractivity contribution in [2.24, 2.45) is 0 Å². The maximum atomic E-state index is 6.09. The maximum Gasteiger partial charge on any atom is 0.0767 e. The zero-order chi connectivity index (χ0) is 22.2. The number of halogens is 1. The minimum atomic E-state index is 0.0534. The van der Waals surface area contributed by atoms with E-state index in [0.29, 0.717) is 0 Å². The Hall–Kier alpha value is -2.65. The first-order valence-corrected chi connectivity index (χ1v) is 11.7. The number of anilines is 3. The van der Waals surface area contributed by atoms with E-state index < -0.39 is 0 Å². The summed E-state index contributed by atoms with van der Waals surface area (Å²) in [5, 5.41) is 4.45. The monoisotopic (exact) mass is 435 g/mol. The number of hydrogen-bond acceptors (Lipinski definition) is 3. The summed E-state index contributed by atoms with van der Waals surface area (Å²) in [6.45, 7) is 12.8. The first-order valence-electron chi connectivity index (χ1n) is 11.3. The summed E-state index contributed by atoms with van der Waals surface area (Å²) in [6, 6.07) is 25.8. The van der Waals surface area contributed by atoms with Crippen molar-refractivity contribution in [3.63, 3.8) is 0 Å². The average Bonchev–Trinajstić information content (AvgIpc) is 2.81. The van der Waals surface area contributed by atoms with Crippen LogP contribution in [0.5, 0.6) is 0 Å². The first-order chi connectivity index (χ1) is 15.1. The fourth-order valence-electron chi connectivity index (χ4n) is 4.00. The van der Waals surface area contributed by atoms with Crippen LogP contribution >= 0.6 is 11.6 Å². The van der Waals surface area contributed by atoms with Gasteiger partial charge in [-0.1, -0.05) is 35.9 Å². The predicted octanol–water partition coefficient (Wildman–Crippen LogP) is 7.23. The molecule has 3 aromatic carbocycles. The van der Waals surface area contributed by atoms with Gasteiger partial charge in [0.05, 0.1) is 6.04 Å². The summed E-state index contributed by atoms with van der Waals surface area (Å²) < 4.78 is 0. The summed E-state index contributed by atoms with van der Waals surface area (Å²) in [5.74, 6) is 0. The number of nitrogens with one attached hydrogen (secondary N) is 1. The quantitative estimate of drug-likeness (QED) is 0.362. The topological polar surface area (TPSA) is 18.5 Å². The lowest BCUT2D eigenvalue weighted by molar-refractivity contribution is 0.861. The van der Waals surface area contributed by atoms with Gasteiger partial charge >= 0.3 is 0 Å². The molecule has 0 aromatic heterocycles. The Morgan fingerprint density at radius 1 is 0.613 bits per heavy atom. The molecule has 4 heteroatoms. The Morgan fingerprint density at radius 3 is 1.35 bits per heavy atom. The zero-order valence-electron chi connectivity index (χ0n) is 19.1. The molecule has 3 aromatic rings. The van der Waals surface area contributed by atoms with Gasteiger partial charge in [0.15, 0.2) is 0 Å². The highest BCUT2D eigenvalue weighted by Gasteiger charge is 2.16. The van der Waals surface area contributed by atoms with Crippen LogP contribution in [0.4, 0.5) is 17.1 Å². The van der Waals surface area contributed by atoms with Crippen LogP contribution in [0.1, 0.15) is 44.9 Å². The average molecular weight is 436 g/mol. The molecule has 0 aliphatic carbocycles. The summed E-state index contributed by atoms with van der Waals surface area (Å²) in [5.41, 5.74) is 6.05. The molecule has 0 spiro atoms. The Morgan fingerprint density at radius 2 is 1.00 bits per heavy atom. The summed E-state index contributed by atoms with van der Waals surface area (Å²) in [7, 11) is 0. The van der Waals surface area contributed by atoms with Crippen LogP contribution in [0.2, 0.25) is 5.02 Å². The van der Waals surface area contributed by atoms with Gasteiger partial charge in [-0.05, 0) is 87.4 Å². The fraction of sp³-hybridized carbons (Fsp3) is 0.333. The molecule has 0 atom stereocenters. The van der Waals surface area contributed by atoms with Crippen molar-refractivity contribution in [2.45, 2.75) is 33.7 Å². The molecule has 0 bridgehead atoms. The van der Waals surface area contributed by atoms with Crippen LogP contribution in [-0.2, 0) is 0 Å². The van der Waals surface area contributed by atoms with E-state index in [0.717, 1.165) is 36.9 Å². The second-order valence-corrected chi connectivity index (χ2v) is 8.05. The predicted molar refractivity (Wildman–Crippen MR) is 137 cm³/mol. The molecule has 0 fully saturated rings. The van der Waals surface area contributed by atoms with Crippen LogP contribution < -0.4 is 15.1 Å². The van der Waals surface area contributed by atoms with E-state index in [1.807, 2.05) is 24.3 Å². The van der Waals surface area contributed by atoms with Gasteiger partial charge in [-0.2, -0.15) is 0 Å². The fourth-order valence-corrected chi connectivity index (χ4v) is 4.13. The molecule has 0 amide bonds. The molecule has 0 heterocycles. The third kappa shape index (κ3) is 5.74. The van der Waals surface area contributed by atoms with Crippen LogP contribution in [0.25, 0.3) is 0 Å². The Kier molecular flexibility index (Phi) is 8.25. The molecule has 0 radical (unpaired) electrons. The van der Waals surface area contributed by atoms with Gasteiger partial charge in [-0.3, -0.25) is 0 Å². The molecular formula is C27H34ClN3. The normalized spacial score (nSPS) is 10.9. The van der Waals surface area contributed by atoms with Gasteiger partial charge in [0, 0.05) is 48.3 Å². The lowest BCUT2D eigenvalue weighted by atomic mass is 9.97. The van der Waals surface area contributed by atoms with Gasteiger partial charge in [0.1, 0.15) is 0 Å². The first kappa shape index (κ1) is 23.0. The SMILES string of the molecule is CCN(CC)c1ccc(C(Nc2ccc(Cl)cc2)c2ccc(N(CC)CC)cc2)cc1. The number of benzene rings is 3. The second-order valence-electron chi connectivity index (χ2n) is 7.61. The molecule has 31 heavy (non-hydrogen) atoms. The van der Waals surface area contributed by atoms with Crippen LogP contribution in [-0.4, -0.2) is 26.2 Å². The van der Waals surface area contributed by atoms with Crippen molar-refractivity contribution in [3.8, 4) is 0 Å². The van der Waals surface area contributed by atoms with Crippen LogP contribution in [0.15, 0.2) is 72.8 Å². The van der Waals surface area contributed by atoms with E-state index >= 15 is 0 Å². The van der Waals surface area contributed by atoms with Crippen molar-refractivity contribution >= 4 is 28.7 Å². The standard InChI is InChI=1S/C27H34ClN3/c1-5-30(6-2)25-17-9-21(10-18-25)27(29-24-15-13-23(28)14-16-24)22-11-19-26(20-12-22)31(7-3)8-4/h9-20,27,29H,5-8H2,1-4H3. The summed E-state index contributed by atoms with van der Waals surface area (Å²) in [4.78, 5) is 4.73. The zero-order valence-corrected chi connectivity index (χ0v) is 19.9. The lowest BCUT2D eigenvalue weighted by Gasteiger charge is -2.25. The molecular weight excluding hydrogens is 402 g/mol. The van der Waals surface area contributed by atoms with Gasteiger partial charge in [0.2, 0.25) is 0 Å². The largest absolute Gasteiger partial charge is 0.374 e. The molecule has 3 nitrogen and oxygen atoms in total. The summed E-state index contributed by atoms with van der Waals surface area (Å²) in [6.07, 6.45) is 0. The van der Waals surface area contributed by atoms with Gasteiger partial charge in [0.25, 0.3) is 0 Å². The smallest absolute Gasteiger partial charge is 0.0767 e. The van der Waals surface area contributed by atoms with E-state index in [1.165, 1.54) is 22.5 Å². The van der Waals surface area contributed by atoms with Crippen molar-refractivity contribution in [3.05, 3.63) is 88.9 Å². The Balaban J connectivity index is 1.93. The summed E-state index contributed by atoms with van der Waals surface area (Å²) >= 11 is 6.09.